The van der Waals surface area contributed by atoms with Gasteiger partial charge in [-0.05, 0) is 44.0 Å². The zero-order valence-electron chi connectivity index (χ0n) is 20.7. The maximum Gasteiger partial charge on any atom is 0.277 e. The first-order chi connectivity index (χ1) is 16.8. The van der Waals surface area contributed by atoms with Crippen molar-refractivity contribution in [2.75, 3.05) is 14.2 Å². The van der Waals surface area contributed by atoms with Crippen molar-refractivity contribution in [3.63, 3.8) is 0 Å². The van der Waals surface area contributed by atoms with E-state index in [2.05, 4.69) is 10.4 Å². The lowest BCUT2D eigenvalue weighted by Gasteiger charge is -2.12. The number of aromatic nitrogens is 3. The Morgan fingerprint density at radius 3 is 2.40 bits per heavy atom. The molecular formula is C27H30N4O4. The Kier molecular flexibility index (Phi) is 6.91. The van der Waals surface area contributed by atoms with Crippen LogP contribution >= 0.6 is 0 Å². The van der Waals surface area contributed by atoms with E-state index in [1.54, 1.807) is 14.2 Å². The van der Waals surface area contributed by atoms with Gasteiger partial charge in [0.25, 0.3) is 5.56 Å². The van der Waals surface area contributed by atoms with E-state index in [0.29, 0.717) is 41.4 Å². The van der Waals surface area contributed by atoms with Gasteiger partial charge in [0.15, 0.2) is 11.5 Å². The fourth-order valence-electron chi connectivity index (χ4n) is 4.07. The molecular weight excluding hydrogens is 444 g/mol. The number of rotatable bonds is 8. The number of aryl methyl sites for hydroxylation is 2. The fraction of sp³-hybridized carbons (Fsp3) is 0.296. The summed E-state index contributed by atoms with van der Waals surface area (Å²) >= 11 is 0. The molecule has 8 heteroatoms. The highest BCUT2D eigenvalue weighted by Gasteiger charge is 2.17. The molecule has 0 spiro atoms. The third-order valence-corrected chi connectivity index (χ3v) is 6.32. The minimum atomic E-state index is -0.214. The van der Waals surface area contributed by atoms with Crippen LogP contribution in [0.5, 0.6) is 11.5 Å². The number of nitrogens with one attached hydrogen (secondary N) is 1. The highest BCUT2D eigenvalue weighted by molar-refractivity contribution is 5.76. The molecule has 0 aliphatic heterocycles. The van der Waals surface area contributed by atoms with Gasteiger partial charge in [-0.2, -0.15) is 9.61 Å². The Balaban J connectivity index is 1.56. The Labute approximate surface area is 204 Å². The lowest BCUT2D eigenvalue weighted by molar-refractivity contribution is -0.121. The molecule has 4 aromatic rings. The number of hydrogen-bond donors (Lipinski definition) is 1. The molecule has 1 N–H and O–H groups in total. The largest absolute Gasteiger partial charge is 0.493 e. The van der Waals surface area contributed by atoms with Gasteiger partial charge in [-0.1, -0.05) is 29.8 Å². The van der Waals surface area contributed by atoms with E-state index in [1.165, 1.54) is 10.1 Å². The van der Waals surface area contributed by atoms with E-state index in [9.17, 15) is 9.59 Å². The van der Waals surface area contributed by atoms with Crippen LogP contribution in [0.3, 0.4) is 0 Å². The maximum absolute atomic E-state index is 13.3. The van der Waals surface area contributed by atoms with Crippen LogP contribution in [0, 0.1) is 13.8 Å². The third-order valence-electron chi connectivity index (χ3n) is 6.32. The van der Waals surface area contributed by atoms with Gasteiger partial charge < -0.3 is 19.4 Å². The van der Waals surface area contributed by atoms with E-state index in [1.807, 2.05) is 74.0 Å². The van der Waals surface area contributed by atoms with Crippen LogP contribution in [0.4, 0.5) is 0 Å². The number of hydrogen-bond acceptors (Lipinski definition) is 5. The van der Waals surface area contributed by atoms with Gasteiger partial charge in [0.05, 0.1) is 19.9 Å². The van der Waals surface area contributed by atoms with Crippen molar-refractivity contribution >= 4 is 11.6 Å². The van der Waals surface area contributed by atoms with Gasteiger partial charge in [-0.25, -0.2) is 0 Å². The molecule has 0 unspecified atom stereocenters. The minimum Gasteiger partial charge on any atom is -0.493 e. The summed E-state index contributed by atoms with van der Waals surface area (Å²) < 4.78 is 14.0. The Hall–Kier alpha value is -4.07. The molecule has 8 nitrogen and oxygen atoms in total. The van der Waals surface area contributed by atoms with Crippen LogP contribution in [0.2, 0.25) is 0 Å². The van der Waals surface area contributed by atoms with Crippen LogP contribution < -0.4 is 20.3 Å². The standard InChI is InChI=1S/C27H30N4O4/c1-17-6-8-19(9-7-17)16-28-25(32)13-11-21-18(2)30(3)26-15-22(29-31(26)27(21)33)20-10-12-23(34-4)24(14-20)35-5/h6-10,12,14-15H,11,13,16H2,1-5H3,(H,28,32). The van der Waals surface area contributed by atoms with Crippen LogP contribution in [0.25, 0.3) is 16.9 Å². The predicted molar refractivity (Wildman–Crippen MR) is 135 cm³/mol. The van der Waals surface area contributed by atoms with E-state index in [4.69, 9.17) is 9.47 Å². The summed E-state index contributed by atoms with van der Waals surface area (Å²) in [5.74, 6) is 1.11. The molecule has 0 radical (unpaired) electrons. The van der Waals surface area contributed by atoms with E-state index < -0.39 is 0 Å². The summed E-state index contributed by atoms with van der Waals surface area (Å²) in [5, 5.41) is 7.51. The summed E-state index contributed by atoms with van der Waals surface area (Å²) in [6, 6.07) is 15.4. The second-order valence-corrected chi connectivity index (χ2v) is 8.56. The van der Waals surface area contributed by atoms with E-state index in [-0.39, 0.29) is 17.9 Å². The Morgan fingerprint density at radius 2 is 1.71 bits per heavy atom. The van der Waals surface area contributed by atoms with Gasteiger partial charge in [0.1, 0.15) is 5.65 Å². The first-order valence-corrected chi connectivity index (χ1v) is 11.4. The lowest BCUT2D eigenvalue weighted by atomic mass is 10.1. The van der Waals surface area contributed by atoms with Crippen molar-refractivity contribution in [2.24, 2.45) is 7.05 Å². The van der Waals surface area contributed by atoms with Gasteiger partial charge in [-0.3, -0.25) is 9.59 Å². The number of amides is 1. The molecule has 0 bridgehead atoms. The number of benzene rings is 2. The second kappa shape index (κ2) is 10.0. The van der Waals surface area contributed by atoms with Gasteiger partial charge in [0, 0.05) is 42.9 Å². The molecule has 0 saturated heterocycles. The van der Waals surface area contributed by atoms with E-state index >= 15 is 0 Å². The number of ether oxygens (including phenoxy) is 2. The molecule has 0 fully saturated rings. The number of nitrogens with zero attached hydrogens (tertiary/aromatic N) is 3. The second-order valence-electron chi connectivity index (χ2n) is 8.56. The number of fused-ring (bicyclic) bond motifs is 1. The van der Waals surface area contributed by atoms with Crippen molar-refractivity contribution in [3.8, 4) is 22.8 Å². The quantitative estimate of drug-likeness (QED) is 0.422. The maximum atomic E-state index is 13.3. The number of methoxy groups -OCH3 is 2. The van der Waals surface area contributed by atoms with Crippen LogP contribution in [-0.4, -0.2) is 34.3 Å². The normalized spacial score (nSPS) is 11.0. The Bertz CT molecular complexity index is 1430. The zero-order valence-corrected chi connectivity index (χ0v) is 20.7. The van der Waals surface area contributed by atoms with Crippen LogP contribution in [0.15, 0.2) is 53.3 Å². The first kappa shape index (κ1) is 24.1. The Morgan fingerprint density at radius 1 is 1.00 bits per heavy atom. The average molecular weight is 475 g/mol. The van der Waals surface area contributed by atoms with Gasteiger partial charge in [-0.15, -0.1) is 0 Å². The molecule has 35 heavy (non-hydrogen) atoms. The number of carbonyl (C=O) groups excluding carboxylic acids is 1. The molecule has 4 rings (SSSR count). The summed E-state index contributed by atoms with van der Waals surface area (Å²) in [6.07, 6.45) is 0.553. The smallest absolute Gasteiger partial charge is 0.277 e. The van der Waals surface area contributed by atoms with Crippen molar-refractivity contribution in [2.45, 2.75) is 33.2 Å². The molecule has 0 aliphatic carbocycles. The summed E-state index contributed by atoms with van der Waals surface area (Å²) in [4.78, 5) is 25.8. The molecule has 0 atom stereocenters. The van der Waals surface area contributed by atoms with Crippen molar-refractivity contribution in [3.05, 3.63) is 81.3 Å². The van der Waals surface area contributed by atoms with E-state index in [0.717, 1.165) is 16.8 Å². The first-order valence-electron chi connectivity index (χ1n) is 11.4. The molecule has 2 heterocycles. The molecule has 0 saturated carbocycles. The fourth-order valence-corrected chi connectivity index (χ4v) is 4.07. The molecule has 2 aromatic heterocycles. The van der Waals surface area contributed by atoms with Crippen molar-refractivity contribution in [1.29, 1.82) is 0 Å². The van der Waals surface area contributed by atoms with Gasteiger partial charge in [0.2, 0.25) is 5.91 Å². The average Bonchev–Trinajstić information content (AvgIpc) is 3.32. The van der Waals surface area contributed by atoms with Crippen molar-refractivity contribution < 1.29 is 14.3 Å². The summed E-state index contributed by atoms with van der Waals surface area (Å²) in [5.41, 5.74) is 5.51. The SMILES string of the molecule is COc1ccc(-c2cc3n(C)c(C)c(CCC(=O)NCc4ccc(C)cc4)c(=O)n3n2)cc1OC. The molecule has 182 valence electrons. The number of carbonyl (C=O) groups is 1. The highest BCUT2D eigenvalue weighted by Crippen LogP contribution is 2.32. The summed E-state index contributed by atoms with van der Waals surface area (Å²) in [6.45, 7) is 4.38. The van der Waals surface area contributed by atoms with Gasteiger partial charge >= 0.3 is 0 Å². The van der Waals surface area contributed by atoms with Crippen LogP contribution in [-0.2, 0) is 24.8 Å². The monoisotopic (exact) mass is 474 g/mol. The lowest BCUT2D eigenvalue weighted by Crippen LogP contribution is -2.27. The highest BCUT2D eigenvalue weighted by atomic mass is 16.5. The predicted octanol–water partition coefficient (Wildman–Crippen LogP) is 3.58. The third kappa shape index (κ3) is 4.91. The van der Waals surface area contributed by atoms with Crippen LogP contribution in [0.1, 0.15) is 28.8 Å². The minimum absolute atomic E-state index is 0.0985. The topological polar surface area (TPSA) is 86.9 Å². The van der Waals surface area contributed by atoms with Crippen molar-refractivity contribution in [1.82, 2.24) is 19.5 Å². The molecule has 1 amide bonds. The molecule has 2 aromatic carbocycles. The summed E-state index contributed by atoms with van der Waals surface area (Å²) in [7, 11) is 5.05. The molecule has 0 aliphatic rings. The zero-order chi connectivity index (χ0) is 25.1.